The van der Waals surface area contributed by atoms with Crippen LogP contribution >= 0.6 is 0 Å². The summed E-state index contributed by atoms with van der Waals surface area (Å²) in [4.78, 5) is 13.3. The molecule has 0 radical (unpaired) electrons. The van der Waals surface area contributed by atoms with E-state index in [0.29, 0.717) is 6.54 Å². The number of carbonyl (C=O) groups excluding carboxylic acids is 1. The van der Waals surface area contributed by atoms with Gasteiger partial charge in [-0.2, -0.15) is 5.26 Å². The molecule has 1 amide bonds. The number of rotatable bonds is 2. The summed E-state index contributed by atoms with van der Waals surface area (Å²) >= 11 is 0. The Kier molecular flexibility index (Phi) is 2.66. The van der Waals surface area contributed by atoms with Gasteiger partial charge in [-0.25, -0.2) is 0 Å². The van der Waals surface area contributed by atoms with Gasteiger partial charge in [-0.15, -0.1) is 0 Å². The van der Waals surface area contributed by atoms with Crippen LogP contribution in [0.4, 0.5) is 0 Å². The summed E-state index contributed by atoms with van der Waals surface area (Å²) in [6, 6.07) is 1.89. The van der Waals surface area contributed by atoms with Gasteiger partial charge in [-0.1, -0.05) is 6.42 Å². The number of amides is 1. The Balaban J connectivity index is 2.02. The Morgan fingerprint density at radius 3 is 2.73 bits per heavy atom. The second kappa shape index (κ2) is 3.82. The summed E-state index contributed by atoms with van der Waals surface area (Å²) in [6.07, 6.45) is 3.41. The molecule has 2 fully saturated rings. The zero-order valence-corrected chi connectivity index (χ0v) is 8.78. The van der Waals surface area contributed by atoms with E-state index >= 15 is 0 Å². The summed E-state index contributed by atoms with van der Waals surface area (Å²) in [5.41, 5.74) is 0.180. The highest BCUT2D eigenvalue weighted by Crippen LogP contribution is 2.51. The fourth-order valence-electron chi connectivity index (χ4n) is 2.85. The van der Waals surface area contributed by atoms with Gasteiger partial charge in [-0.3, -0.25) is 4.79 Å². The van der Waals surface area contributed by atoms with Crippen LogP contribution in [0.5, 0.6) is 0 Å². The van der Waals surface area contributed by atoms with E-state index < -0.39 is 0 Å². The first kappa shape index (κ1) is 10.4. The molecule has 0 aromatic carbocycles. The van der Waals surface area contributed by atoms with Crippen molar-refractivity contribution in [1.82, 2.24) is 4.90 Å². The molecule has 1 aliphatic heterocycles. The first-order valence-electron chi connectivity index (χ1n) is 5.47. The lowest BCUT2D eigenvalue weighted by Crippen LogP contribution is -2.39. The van der Waals surface area contributed by atoms with Crippen molar-refractivity contribution >= 4 is 5.91 Å². The fraction of sp³-hybridized carbons (Fsp3) is 0.818. The molecule has 2 aliphatic rings. The van der Waals surface area contributed by atoms with Crippen LogP contribution in [0.25, 0.3) is 0 Å². The number of likely N-dealkylation sites (tertiary alicyclic amines) is 1. The number of nitriles is 1. The van der Waals surface area contributed by atoms with Gasteiger partial charge in [0.15, 0.2) is 0 Å². The maximum absolute atomic E-state index is 11.6. The van der Waals surface area contributed by atoms with E-state index in [2.05, 4.69) is 0 Å². The molecule has 1 aliphatic carbocycles. The quantitative estimate of drug-likeness (QED) is 0.719. The third kappa shape index (κ3) is 1.61. The molecule has 2 rings (SSSR count). The second-order valence-corrected chi connectivity index (χ2v) is 4.70. The third-order valence-corrected chi connectivity index (χ3v) is 3.97. The summed E-state index contributed by atoms with van der Waals surface area (Å²) in [5.74, 6) is 0.147. The Morgan fingerprint density at radius 1 is 1.60 bits per heavy atom. The van der Waals surface area contributed by atoms with Crippen LogP contribution in [0.1, 0.15) is 25.7 Å². The minimum Gasteiger partial charge on any atom is -0.396 e. The Labute approximate surface area is 89.5 Å². The van der Waals surface area contributed by atoms with Gasteiger partial charge in [-0.05, 0) is 18.3 Å². The summed E-state index contributed by atoms with van der Waals surface area (Å²) in [5, 5.41) is 17.8. The average Bonchev–Trinajstić information content (AvgIpc) is 2.56. The number of nitrogens with zero attached hydrogens (tertiary/aromatic N) is 2. The van der Waals surface area contributed by atoms with E-state index in [1.54, 1.807) is 4.90 Å². The highest BCUT2D eigenvalue weighted by Gasteiger charge is 2.50. The minimum absolute atomic E-state index is 0.0335. The van der Waals surface area contributed by atoms with Crippen molar-refractivity contribution in [3.05, 3.63) is 0 Å². The zero-order chi connectivity index (χ0) is 10.9. The third-order valence-electron chi connectivity index (χ3n) is 3.97. The number of aliphatic hydroxyl groups is 1. The van der Waals surface area contributed by atoms with Crippen LogP contribution in [-0.2, 0) is 4.79 Å². The minimum atomic E-state index is -0.0836. The Hall–Kier alpha value is -1.08. The number of hydrogen-bond donors (Lipinski definition) is 1. The first-order valence-corrected chi connectivity index (χ1v) is 5.47. The Morgan fingerprint density at radius 2 is 2.33 bits per heavy atom. The van der Waals surface area contributed by atoms with E-state index in [0.717, 1.165) is 19.4 Å². The SMILES string of the molecule is N#CCC(=O)N1C[C@H](CO)C2(CCC2)C1. The maximum atomic E-state index is 11.6. The lowest BCUT2D eigenvalue weighted by molar-refractivity contribution is -0.129. The Bertz CT molecular complexity index is 304. The van der Waals surface area contributed by atoms with Crippen LogP contribution < -0.4 is 0 Å². The molecule has 0 bridgehead atoms. The molecule has 1 saturated carbocycles. The van der Waals surface area contributed by atoms with Gasteiger partial charge in [0.2, 0.25) is 5.91 Å². The molecule has 4 heteroatoms. The topological polar surface area (TPSA) is 64.3 Å². The molecule has 15 heavy (non-hydrogen) atoms. The zero-order valence-electron chi connectivity index (χ0n) is 8.78. The van der Waals surface area contributed by atoms with Crippen molar-refractivity contribution in [3.8, 4) is 6.07 Å². The molecule has 4 nitrogen and oxygen atoms in total. The van der Waals surface area contributed by atoms with Crippen molar-refractivity contribution in [2.45, 2.75) is 25.7 Å². The van der Waals surface area contributed by atoms with E-state index in [1.807, 2.05) is 6.07 Å². The number of hydrogen-bond acceptors (Lipinski definition) is 3. The van der Waals surface area contributed by atoms with E-state index in [9.17, 15) is 9.90 Å². The van der Waals surface area contributed by atoms with Crippen LogP contribution in [0.3, 0.4) is 0 Å². The summed E-state index contributed by atoms with van der Waals surface area (Å²) in [7, 11) is 0. The normalized spacial score (nSPS) is 27.5. The van der Waals surface area contributed by atoms with Crippen molar-refractivity contribution in [3.63, 3.8) is 0 Å². The van der Waals surface area contributed by atoms with Gasteiger partial charge in [0.05, 0.1) is 6.07 Å². The van der Waals surface area contributed by atoms with Gasteiger partial charge >= 0.3 is 0 Å². The fourth-order valence-corrected chi connectivity index (χ4v) is 2.85. The van der Waals surface area contributed by atoms with Crippen molar-refractivity contribution in [2.24, 2.45) is 11.3 Å². The molecule has 0 aromatic heterocycles. The number of carbonyl (C=O) groups is 1. The first-order chi connectivity index (χ1) is 7.22. The molecular formula is C11H16N2O2. The predicted octanol–water partition coefficient (Wildman–Crippen LogP) is 0.521. The van der Waals surface area contributed by atoms with E-state index in [1.165, 1.54) is 6.42 Å². The standard InChI is InChI=1S/C11H16N2O2/c12-5-2-10(15)13-6-9(7-14)11(8-13)3-1-4-11/h9,14H,1-4,6-8H2/t9-/m1/s1. The molecule has 1 saturated heterocycles. The second-order valence-electron chi connectivity index (χ2n) is 4.70. The van der Waals surface area contributed by atoms with Crippen LogP contribution in [-0.4, -0.2) is 35.6 Å². The predicted molar refractivity (Wildman–Crippen MR) is 53.7 cm³/mol. The average molecular weight is 208 g/mol. The van der Waals surface area contributed by atoms with Gasteiger partial charge in [0.25, 0.3) is 0 Å². The highest BCUT2D eigenvalue weighted by molar-refractivity contribution is 5.78. The van der Waals surface area contributed by atoms with Gasteiger partial charge in [0.1, 0.15) is 6.42 Å². The molecule has 0 unspecified atom stereocenters. The molecular weight excluding hydrogens is 192 g/mol. The molecule has 1 heterocycles. The maximum Gasteiger partial charge on any atom is 0.236 e. The van der Waals surface area contributed by atoms with Crippen LogP contribution in [0.2, 0.25) is 0 Å². The van der Waals surface area contributed by atoms with Crippen molar-refractivity contribution in [2.75, 3.05) is 19.7 Å². The van der Waals surface area contributed by atoms with Crippen LogP contribution in [0, 0.1) is 22.7 Å². The molecule has 1 atom stereocenters. The summed E-state index contributed by atoms with van der Waals surface area (Å²) in [6.45, 7) is 1.55. The van der Waals surface area contributed by atoms with Gasteiger partial charge < -0.3 is 10.0 Å². The van der Waals surface area contributed by atoms with Crippen molar-refractivity contribution < 1.29 is 9.90 Å². The molecule has 82 valence electrons. The van der Waals surface area contributed by atoms with E-state index in [4.69, 9.17) is 5.26 Å². The molecule has 0 aromatic rings. The highest BCUT2D eigenvalue weighted by atomic mass is 16.3. The molecule has 1 N–H and O–H groups in total. The lowest BCUT2D eigenvalue weighted by atomic mass is 9.63. The molecule has 1 spiro atoms. The summed E-state index contributed by atoms with van der Waals surface area (Å²) < 4.78 is 0. The van der Waals surface area contributed by atoms with Crippen LogP contribution in [0.15, 0.2) is 0 Å². The smallest absolute Gasteiger partial charge is 0.236 e. The van der Waals surface area contributed by atoms with E-state index in [-0.39, 0.29) is 30.3 Å². The lowest BCUT2D eigenvalue weighted by Gasteiger charge is -2.42. The largest absolute Gasteiger partial charge is 0.396 e. The number of aliphatic hydroxyl groups excluding tert-OH is 1. The van der Waals surface area contributed by atoms with Crippen molar-refractivity contribution in [1.29, 1.82) is 5.26 Å². The monoisotopic (exact) mass is 208 g/mol. The van der Waals surface area contributed by atoms with Gasteiger partial charge in [0, 0.05) is 25.6 Å².